The van der Waals surface area contributed by atoms with Crippen molar-refractivity contribution in [3.63, 3.8) is 0 Å². The normalized spacial score (nSPS) is 14.4. The number of rotatable bonds is 2. The largest absolute Gasteiger partial charge is 0.573 e. The Kier molecular flexibility index (Phi) is 4.16. The van der Waals surface area contributed by atoms with Crippen molar-refractivity contribution < 1.29 is 36.2 Å². The van der Waals surface area contributed by atoms with E-state index >= 15 is 0 Å². The molecule has 1 unspecified atom stereocenters. The van der Waals surface area contributed by atoms with Crippen LogP contribution in [0.15, 0.2) is 22.7 Å². The minimum atomic E-state index is -5.03. The van der Waals surface area contributed by atoms with Crippen molar-refractivity contribution in [3.8, 4) is 5.75 Å². The summed E-state index contributed by atoms with van der Waals surface area (Å²) in [6, 6.07) is 2.15. The van der Waals surface area contributed by atoms with E-state index < -0.39 is 30.0 Å². The van der Waals surface area contributed by atoms with Crippen molar-refractivity contribution in [2.24, 2.45) is 0 Å². The van der Waals surface area contributed by atoms with Crippen LogP contribution in [0, 0.1) is 0 Å². The van der Waals surface area contributed by atoms with Crippen molar-refractivity contribution in [3.05, 3.63) is 28.2 Å². The number of alkyl halides is 6. The van der Waals surface area contributed by atoms with Crippen molar-refractivity contribution in [2.45, 2.75) is 18.6 Å². The summed E-state index contributed by atoms with van der Waals surface area (Å²) in [6.45, 7) is 0. The Morgan fingerprint density at radius 2 is 1.61 bits per heavy atom. The Morgan fingerprint density at radius 1 is 1.06 bits per heavy atom. The van der Waals surface area contributed by atoms with Crippen LogP contribution in [0.4, 0.5) is 26.3 Å². The van der Waals surface area contributed by atoms with Gasteiger partial charge in [0.05, 0.1) is 0 Å². The molecule has 0 spiro atoms. The zero-order valence-electron chi connectivity index (χ0n) is 8.31. The summed E-state index contributed by atoms with van der Waals surface area (Å²) in [5.41, 5.74) is -0.754. The van der Waals surface area contributed by atoms with E-state index in [1.807, 2.05) is 0 Å². The number of aliphatic hydroxyl groups is 1. The Hall–Kier alpha value is -0.960. The summed E-state index contributed by atoms with van der Waals surface area (Å²) >= 11 is 2.73. The number of hydrogen-bond acceptors (Lipinski definition) is 2. The van der Waals surface area contributed by atoms with Crippen LogP contribution in [0.5, 0.6) is 5.75 Å². The maximum absolute atomic E-state index is 12.2. The molecule has 1 aromatic rings. The summed E-state index contributed by atoms with van der Waals surface area (Å²) < 4.78 is 75.8. The summed E-state index contributed by atoms with van der Waals surface area (Å²) in [7, 11) is 0. The van der Waals surface area contributed by atoms with Gasteiger partial charge >= 0.3 is 12.5 Å². The first-order chi connectivity index (χ1) is 7.99. The van der Waals surface area contributed by atoms with Crippen LogP contribution in [-0.4, -0.2) is 17.6 Å². The second kappa shape index (κ2) is 4.96. The molecule has 18 heavy (non-hydrogen) atoms. The average Bonchev–Trinajstić information content (AvgIpc) is 2.11. The van der Waals surface area contributed by atoms with Gasteiger partial charge in [0.2, 0.25) is 0 Å². The monoisotopic (exact) mass is 338 g/mol. The Balaban J connectivity index is 3.09. The molecule has 0 radical (unpaired) electrons. The lowest BCUT2D eigenvalue weighted by Crippen LogP contribution is -2.21. The van der Waals surface area contributed by atoms with Crippen molar-refractivity contribution in [2.75, 3.05) is 0 Å². The van der Waals surface area contributed by atoms with E-state index in [1.54, 1.807) is 0 Å². The number of hydrogen-bond donors (Lipinski definition) is 1. The molecule has 102 valence electrons. The van der Waals surface area contributed by atoms with E-state index in [4.69, 9.17) is 5.11 Å². The topological polar surface area (TPSA) is 29.5 Å². The smallest absolute Gasteiger partial charge is 0.406 e. The first-order valence-corrected chi connectivity index (χ1v) is 5.09. The molecule has 0 fully saturated rings. The van der Waals surface area contributed by atoms with E-state index in [9.17, 15) is 26.3 Å². The molecule has 2 nitrogen and oxygen atoms in total. The van der Waals surface area contributed by atoms with Gasteiger partial charge in [-0.2, -0.15) is 13.2 Å². The Labute approximate surface area is 105 Å². The van der Waals surface area contributed by atoms with Crippen LogP contribution in [0.3, 0.4) is 0 Å². The molecule has 0 aromatic heterocycles. The fourth-order valence-corrected chi connectivity index (χ4v) is 1.61. The molecule has 0 saturated heterocycles. The molecule has 0 aliphatic rings. The zero-order chi connectivity index (χ0) is 14.1. The molecule has 1 N–H and O–H groups in total. The van der Waals surface area contributed by atoms with Gasteiger partial charge < -0.3 is 9.84 Å². The molecule has 0 aliphatic carbocycles. The van der Waals surface area contributed by atoms with Crippen LogP contribution < -0.4 is 4.74 Å². The molecular weight excluding hydrogens is 334 g/mol. The highest BCUT2D eigenvalue weighted by Gasteiger charge is 2.40. The van der Waals surface area contributed by atoms with Crippen molar-refractivity contribution >= 4 is 15.9 Å². The van der Waals surface area contributed by atoms with E-state index in [2.05, 4.69) is 20.7 Å². The third kappa shape index (κ3) is 4.37. The molecule has 9 heteroatoms. The van der Waals surface area contributed by atoms with Gasteiger partial charge in [0.15, 0.2) is 6.10 Å². The number of benzene rings is 1. The van der Waals surface area contributed by atoms with Crippen LogP contribution in [0.1, 0.15) is 11.7 Å². The van der Waals surface area contributed by atoms with Gasteiger partial charge in [0.25, 0.3) is 0 Å². The van der Waals surface area contributed by atoms with E-state index in [-0.39, 0.29) is 4.47 Å². The number of halogens is 7. The lowest BCUT2D eigenvalue weighted by Gasteiger charge is -2.16. The predicted octanol–water partition coefficient (Wildman–Crippen LogP) is 3.94. The zero-order valence-corrected chi connectivity index (χ0v) is 9.90. The van der Waals surface area contributed by atoms with E-state index in [0.29, 0.717) is 6.07 Å². The number of ether oxygens (including phenoxy) is 1. The predicted molar refractivity (Wildman–Crippen MR) is 51.8 cm³/mol. The quantitative estimate of drug-likeness (QED) is 0.827. The van der Waals surface area contributed by atoms with Gasteiger partial charge in [-0.05, 0) is 23.8 Å². The summed E-state index contributed by atoms with van der Waals surface area (Å²) in [6.07, 6.45) is -12.9. The first-order valence-electron chi connectivity index (χ1n) is 4.30. The summed E-state index contributed by atoms with van der Waals surface area (Å²) in [5.74, 6) is -0.852. The second-order valence-electron chi connectivity index (χ2n) is 3.21. The van der Waals surface area contributed by atoms with Gasteiger partial charge in [-0.3, -0.25) is 0 Å². The highest BCUT2D eigenvalue weighted by molar-refractivity contribution is 9.10. The van der Waals surface area contributed by atoms with Crippen molar-refractivity contribution in [1.82, 2.24) is 0 Å². The van der Waals surface area contributed by atoms with Crippen LogP contribution >= 0.6 is 15.9 Å². The molecule has 0 saturated carbocycles. The van der Waals surface area contributed by atoms with Gasteiger partial charge in [-0.25, -0.2) is 0 Å². The average molecular weight is 339 g/mol. The molecular formula is C9H5BrF6O2. The number of aliphatic hydroxyl groups excluding tert-OH is 1. The molecule has 0 bridgehead atoms. The minimum Gasteiger partial charge on any atom is -0.406 e. The van der Waals surface area contributed by atoms with E-state index in [1.165, 1.54) is 0 Å². The first kappa shape index (κ1) is 15.1. The highest BCUT2D eigenvalue weighted by atomic mass is 79.9. The molecule has 0 aliphatic heterocycles. The van der Waals surface area contributed by atoms with Crippen molar-refractivity contribution in [1.29, 1.82) is 0 Å². The van der Waals surface area contributed by atoms with E-state index in [0.717, 1.165) is 12.1 Å². The molecule has 0 heterocycles. The third-order valence-electron chi connectivity index (χ3n) is 1.75. The van der Waals surface area contributed by atoms with Gasteiger partial charge in [0.1, 0.15) is 5.75 Å². The summed E-state index contributed by atoms with van der Waals surface area (Å²) in [5, 5.41) is 8.92. The standard InChI is InChI=1S/C9H5BrF6O2/c10-5-1-4(7(17)8(11,12)13)2-6(3-5)18-9(14,15)16/h1-3,7,17H. The Morgan fingerprint density at radius 3 is 2.06 bits per heavy atom. The summed E-state index contributed by atoms with van der Waals surface area (Å²) in [4.78, 5) is 0. The van der Waals surface area contributed by atoms with Crippen LogP contribution in [0.2, 0.25) is 0 Å². The fourth-order valence-electron chi connectivity index (χ4n) is 1.12. The Bertz CT molecular complexity index is 428. The van der Waals surface area contributed by atoms with Gasteiger partial charge in [-0.15, -0.1) is 13.2 Å². The second-order valence-corrected chi connectivity index (χ2v) is 4.13. The van der Waals surface area contributed by atoms with Crippen LogP contribution in [0.25, 0.3) is 0 Å². The minimum absolute atomic E-state index is 0.0810. The maximum Gasteiger partial charge on any atom is 0.573 e. The molecule has 1 atom stereocenters. The highest BCUT2D eigenvalue weighted by Crippen LogP contribution is 2.36. The molecule has 1 aromatic carbocycles. The molecule has 0 amide bonds. The van der Waals surface area contributed by atoms with Crippen LogP contribution in [-0.2, 0) is 0 Å². The lowest BCUT2D eigenvalue weighted by atomic mass is 10.1. The molecule has 1 rings (SSSR count). The lowest BCUT2D eigenvalue weighted by molar-refractivity contribution is -0.274. The van der Waals surface area contributed by atoms with Gasteiger partial charge in [0, 0.05) is 4.47 Å². The van der Waals surface area contributed by atoms with Gasteiger partial charge in [-0.1, -0.05) is 15.9 Å². The fraction of sp³-hybridized carbons (Fsp3) is 0.333. The third-order valence-corrected chi connectivity index (χ3v) is 2.21. The maximum atomic E-state index is 12.2. The SMILES string of the molecule is OC(c1cc(Br)cc(OC(F)(F)F)c1)C(F)(F)F.